The van der Waals surface area contributed by atoms with Gasteiger partial charge in [0, 0.05) is 18.2 Å². The minimum atomic E-state index is -0.652. The number of aromatic nitrogens is 4. The molecule has 1 aliphatic carbocycles. The van der Waals surface area contributed by atoms with Crippen LogP contribution in [0.5, 0.6) is 5.75 Å². The first kappa shape index (κ1) is 19.0. The van der Waals surface area contributed by atoms with E-state index in [0.717, 1.165) is 28.7 Å². The predicted octanol–water partition coefficient (Wildman–Crippen LogP) is 4.39. The maximum atomic E-state index is 6.32. The molecule has 0 N–H and O–H groups in total. The number of ether oxygens (including phenoxy) is 3. The molecule has 0 amide bonds. The highest BCUT2D eigenvalue weighted by molar-refractivity contribution is 6.33. The summed E-state index contributed by atoms with van der Waals surface area (Å²) in [5, 5.41) is 1.28. The van der Waals surface area contributed by atoms with Gasteiger partial charge < -0.3 is 23.2 Å². The molecular formula is C22H21ClN4O4. The van der Waals surface area contributed by atoms with Crippen LogP contribution in [0.1, 0.15) is 26.3 Å². The average Bonchev–Trinajstić information content (AvgIpc) is 3.49. The summed E-state index contributed by atoms with van der Waals surface area (Å²) in [6, 6.07) is 7.66. The molecule has 6 rings (SSSR count). The van der Waals surface area contributed by atoms with Crippen LogP contribution in [0.15, 0.2) is 47.6 Å². The van der Waals surface area contributed by atoms with E-state index in [9.17, 15) is 0 Å². The molecule has 4 atom stereocenters. The lowest BCUT2D eigenvalue weighted by atomic mass is 10.1. The number of benzene rings is 1. The number of hydrogen-bond donors (Lipinski definition) is 0. The molecule has 8 nitrogen and oxygen atoms in total. The lowest BCUT2D eigenvalue weighted by Crippen LogP contribution is -2.29. The van der Waals surface area contributed by atoms with Crippen LogP contribution in [0.4, 0.5) is 0 Å². The molecule has 3 aromatic heterocycles. The van der Waals surface area contributed by atoms with Gasteiger partial charge in [-0.15, -0.1) is 0 Å². The Kier molecular flexibility index (Phi) is 4.25. The van der Waals surface area contributed by atoms with Crippen molar-refractivity contribution in [2.45, 2.75) is 44.3 Å². The van der Waals surface area contributed by atoms with Crippen LogP contribution in [-0.4, -0.2) is 44.1 Å². The number of oxazole rings is 1. The molecule has 1 saturated carbocycles. The molecule has 2 aliphatic rings. The standard InChI is InChI=1S/C22H21ClN4O4/c1-22(2)30-18-12(9-28-13-3-4-15-17(8-13)29-11-26-15)7-16(19(18)31-22)27-6-5-14-20(23)24-10-25-21(14)27/h3-6,8,10-12,16,18-19H,7,9H2,1-2H3/t12-,16-,18-,19+/m1/s1. The van der Waals surface area contributed by atoms with Crippen molar-refractivity contribution in [3.63, 3.8) is 0 Å². The van der Waals surface area contributed by atoms with Gasteiger partial charge in [0.2, 0.25) is 0 Å². The zero-order valence-electron chi connectivity index (χ0n) is 17.1. The SMILES string of the molecule is CC1(C)O[C@@H]2[C@@H](COc3ccc4ncoc4c3)C[C@@H](n3ccc4c(Cl)ncnc43)[C@@H]2O1. The summed E-state index contributed by atoms with van der Waals surface area (Å²) in [6.07, 6.45) is 5.57. The minimum Gasteiger partial charge on any atom is -0.493 e. The van der Waals surface area contributed by atoms with Crippen molar-refractivity contribution in [1.29, 1.82) is 0 Å². The van der Waals surface area contributed by atoms with Gasteiger partial charge in [0.15, 0.2) is 17.8 Å². The van der Waals surface area contributed by atoms with Gasteiger partial charge >= 0.3 is 0 Å². The largest absolute Gasteiger partial charge is 0.493 e. The number of rotatable bonds is 4. The van der Waals surface area contributed by atoms with E-state index in [2.05, 4.69) is 19.5 Å². The van der Waals surface area contributed by atoms with Gasteiger partial charge in [0.25, 0.3) is 0 Å². The number of nitrogens with zero attached hydrogens (tertiary/aromatic N) is 4. The Morgan fingerprint density at radius 3 is 2.94 bits per heavy atom. The van der Waals surface area contributed by atoms with Crippen LogP contribution in [0.2, 0.25) is 5.15 Å². The van der Waals surface area contributed by atoms with Gasteiger partial charge in [0.05, 0.1) is 24.1 Å². The third-order valence-electron chi connectivity index (χ3n) is 6.14. The van der Waals surface area contributed by atoms with Gasteiger partial charge in [-0.2, -0.15) is 0 Å². The maximum Gasteiger partial charge on any atom is 0.181 e. The Morgan fingerprint density at radius 2 is 2.03 bits per heavy atom. The molecule has 160 valence electrons. The fraction of sp³-hybridized carbons (Fsp3) is 0.409. The van der Waals surface area contributed by atoms with Crippen LogP contribution in [0, 0.1) is 5.92 Å². The predicted molar refractivity (Wildman–Crippen MR) is 113 cm³/mol. The Bertz CT molecular complexity index is 1270. The molecule has 4 heterocycles. The zero-order chi connectivity index (χ0) is 21.2. The third kappa shape index (κ3) is 3.17. The minimum absolute atomic E-state index is 0.0561. The van der Waals surface area contributed by atoms with E-state index in [1.54, 1.807) is 0 Å². The lowest BCUT2D eigenvalue weighted by molar-refractivity contribution is -0.161. The fourth-order valence-electron chi connectivity index (χ4n) is 4.83. The Hall–Kier alpha value is -2.68. The number of halogens is 1. The summed E-state index contributed by atoms with van der Waals surface area (Å²) in [7, 11) is 0. The summed E-state index contributed by atoms with van der Waals surface area (Å²) < 4.78 is 26.3. The van der Waals surface area contributed by atoms with E-state index in [4.69, 9.17) is 30.2 Å². The van der Waals surface area contributed by atoms with Crippen molar-refractivity contribution in [1.82, 2.24) is 19.5 Å². The second-order valence-electron chi connectivity index (χ2n) is 8.55. The lowest BCUT2D eigenvalue weighted by Gasteiger charge is -2.24. The quantitative estimate of drug-likeness (QED) is 0.435. The highest BCUT2D eigenvalue weighted by atomic mass is 35.5. The first-order chi connectivity index (χ1) is 15.0. The molecule has 4 aromatic rings. The van der Waals surface area contributed by atoms with Gasteiger partial charge in [-0.1, -0.05) is 11.6 Å². The Morgan fingerprint density at radius 1 is 1.16 bits per heavy atom. The molecule has 0 radical (unpaired) electrons. The summed E-state index contributed by atoms with van der Waals surface area (Å²) in [5.41, 5.74) is 2.31. The highest BCUT2D eigenvalue weighted by Crippen LogP contribution is 2.48. The second kappa shape index (κ2) is 6.91. The van der Waals surface area contributed by atoms with Gasteiger partial charge in [-0.3, -0.25) is 0 Å². The van der Waals surface area contributed by atoms with Crippen LogP contribution in [0.3, 0.4) is 0 Å². The van der Waals surface area contributed by atoms with E-state index in [0.29, 0.717) is 17.3 Å². The normalized spacial score (nSPS) is 27.2. The van der Waals surface area contributed by atoms with Gasteiger partial charge in [-0.05, 0) is 38.5 Å². The van der Waals surface area contributed by atoms with Crippen molar-refractivity contribution in [2.75, 3.05) is 6.61 Å². The van der Waals surface area contributed by atoms with E-state index < -0.39 is 5.79 Å². The van der Waals surface area contributed by atoms with Crippen LogP contribution in [-0.2, 0) is 9.47 Å². The second-order valence-corrected chi connectivity index (χ2v) is 8.90. The summed E-state index contributed by atoms with van der Waals surface area (Å²) >= 11 is 6.26. The van der Waals surface area contributed by atoms with Crippen molar-refractivity contribution in [2.24, 2.45) is 5.92 Å². The average molecular weight is 441 g/mol. The molecule has 0 bridgehead atoms. The van der Waals surface area contributed by atoms with E-state index in [-0.39, 0.29) is 24.2 Å². The molecule has 1 aromatic carbocycles. The van der Waals surface area contributed by atoms with Crippen LogP contribution in [0.25, 0.3) is 22.1 Å². The number of hydrogen-bond acceptors (Lipinski definition) is 7. The summed E-state index contributed by atoms with van der Waals surface area (Å²) in [5.74, 6) is 0.242. The van der Waals surface area contributed by atoms with E-state index >= 15 is 0 Å². The molecular weight excluding hydrogens is 420 g/mol. The van der Waals surface area contributed by atoms with Crippen molar-refractivity contribution >= 4 is 33.7 Å². The van der Waals surface area contributed by atoms with Crippen LogP contribution >= 0.6 is 11.6 Å². The number of fused-ring (bicyclic) bond motifs is 3. The van der Waals surface area contributed by atoms with Crippen molar-refractivity contribution in [3.8, 4) is 5.75 Å². The molecule has 31 heavy (non-hydrogen) atoms. The molecule has 0 spiro atoms. The van der Waals surface area contributed by atoms with E-state index in [1.165, 1.54) is 12.7 Å². The molecule has 2 fully saturated rings. The monoisotopic (exact) mass is 440 g/mol. The van der Waals surface area contributed by atoms with Gasteiger partial charge in [-0.25, -0.2) is 15.0 Å². The molecule has 9 heteroatoms. The molecule has 1 aliphatic heterocycles. The first-order valence-corrected chi connectivity index (χ1v) is 10.6. The van der Waals surface area contributed by atoms with E-state index in [1.807, 2.05) is 44.3 Å². The summed E-state index contributed by atoms with van der Waals surface area (Å²) in [4.78, 5) is 12.7. The highest BCUT2D eigenvalue weighted by Gasteiger charge is 2.55. The van der Waals surface area contributed by atoms with Gasteiger partial charge in [0.1, 0.15) is 34.5 Å². The molecule has 0 unspecified atom stereocenters. The Balaban J connectivity index is 1.28. The smallest absolute Gasteiger partial charge is 0.181 e. The zero-order valence-corrected chi connectivity index (χ0v) is 17.8. The fourth-order valence-corrected chi connectivity index (χ4v) is 5.02. The maximum absolute atomic E-state index is 6.32. The Labute approximate surface area is 183 Å². The third-order valence-corrected chi connectivity index (χ3v) is 6.44. The topological polar surface area (TPSA) is 84.4 Å². The molecule has 1 saturated heterocycles. The first-order valence-electron chi connectivity index (χ1n) is 10.3. The van der Waals surface area contributed by atoms with Crippen molar-refractivity contribution in [3.05, 3.63) is 48.3 Å². The van der Waals surface area contributed by atoms with Crippen molar-refractivity contribution < 1.29 is 18.6 Å². The summed E-state index contributed by atoms with van der Waals surface area (Å²) in [6.45, 7) is 4.40. The van der Waals surface area contributed by atoms with Crippen LogP contribution < -0.4 is 4.74 Å².